The van der Waals surface area contributed by atoms with Crippen LogP contribution in [-0.4, -0.2) is 21.6 Å². The zero-order valence-electron chi connectivity index (χ0n) is 11.0. The van der Waals surface area contributed by atoms with E-state index in [0.29, 0.717) is 0 Å². The standard InChI is InChI=1S/C13H12ClF5N2/c1-7(6-13(17,18)19)21-10(4-5-14)20-9-3-2-8(15)11(16)12(9)21/h2-3,7H,4-6H2,1H3. The molecule has 1 aromatic carbocycles. The van der Waals surface area contributed by atoms with Crippen LogP contribution in [0, 0.1) is 11.6 Å². The highest BCUT2D eigenvalue weighted by molar-refractivity contribution is 6.17. The van der Waals surface area contributed by atoms with Gasteiger partial charge < -0.3 is 4.57 Å². The Kier molecular flexibility index (Phi) is 4.41. The predicted octanol–water partition coefficient (Wildman–Crippen LogP) is 4.61. The molecule has 1 aromatic heterocycles. The first kappa shape index (κ1) is 16.0. The Bertz CT molecular complexity index is 650. The predicted molar refractivity (Wildman–Crippen MR) is 69.5 cm³/mol. The monoisotopic (exact) mass is 326 g/mol. The SMILES string of the molecule is CC(CC(F)(F)F)n1c(CCCl)nc2ccc(F)c(F)c21. The summed E-state index contributed by atoms with van der Waals surface area (Å²) >= 11 is 5.60. The molecule has 0 N–H and O–H groups in total. The number of nitrogens with zero attached hydrogens (tertiary/aromatic N) is 2. The number of aromatic nitrogens is 2. The van der Waals surface area contributed by atoms with Gasteiger partial charge in [-0.25, -0.2) is 13.8 Å². The van der Waals surface area contributed by atoms with Crippen LogP contribution >= 0.6 is 11.6 Å². The smallest absolute Gasteiger partial charge is 0.322 e. The molecule has 0 amide bonds. The minimum absolute atomic E-state index is 0.114. The fourth-order valence-corrected chi connectivity index (χ4v) is 2.50. The summed E-state index contributed by atoms with van der Waals surface area (Å²) < 4.78 is 66.1. The van der Waals surface area contributed by atoms with Crippen molar-refractivity contribution in [1.82, 2.24) is 9.55 Å². The van der Waals surface area contributed by atoms with Gasteiger partial charge in [-0.15, -0.1) is 11.6 Å². The van der Waals surface area contributed by atoms with Crippen LogP contribution in [-0.2, 0) is 6.42 Å². The van der Waals surface area contributed by atoms with Gasteiger partial charge in [-0.3, -0.25) is 0 Å². The molecule has 2 nitrogen and oxygen atoms in total. The second-order valence-corrected chi connectivity index (χ2v) is 5.11. The molecule has 0 bridgehead atoms. The van der Waals surface area contributed by atoms with Crippen LogP contribution in [0.15, 0.2) is 12.1 Å². The number of fused-ring (bicyclic) bond motifs is 1. The molecule has 2 aromatic rings. The fraction of sp³-hybridized carbons (Fsp3) is 0.462. The van der Waals surface area contributed by atoms with Crippen LogP contribution < -0.4 is 0 Å². The summed E-state index contributed by atoms with van der Waals surface area (Å²) in [6.45, 7) is 1.29. The van der Waals surface area contributed by atoms with Gasteiger partial charge in [0.2, 0.25) is 0 Å². The second-order valence-electron chi connectivity index (χ2n) is 4.73. The molecule has 0 fully saturated rings. The van der Waals surface area contributed by atoms with Crippen molar-refractivity contribution >= 4 is 22.6 Å². The van der Waals surface area contributed by atoms with Crippen molar-refractivity contribution in [3.63, 3.8) is 0 Å². The molecule has 0 radical (unpaired) electrons. The third-order valence-corrected chi connectivity index (χ3v) is 3.29. The van der Waals surface area contributed by atoms with E-state index in [1.54, 1.807) is 0 Å². The average Bonchev–Trinajstić information content (AvgIpc) is 2.71. The summed E-state index contributed by atoms with van der Waals surface area (Å²) in [5, 5.41) is 0. The molecular formula is C13H12ClF5N2. The second kappa shape index (κ2) is 5.79. The Labute approximate surface area is 122 Å². The van der Waals surface area contributed by atoms with Gasteiger partial charge in [0.05, 0.1) is 11.9 Å². The molecule has 0 aliphatic rings. The van der Waals surface area contributed by atoms with Gasteiger partial charge in [0, 0.05) is 18.3 Å². The Morgan fingerprint density at radius 2 is 1.95 bits per heavy atom. The number of alkyl halides is 4. The van der Waals surface area contributed by atoms with Crippen LogP contribution in [0.5, 0.6) is 0 Å². The minimum Gasteiger partial charge on any atom is -0.322 e. The maximum Gasteiger partial charge on any atom is 0.391 e. The summed E-state index contributed by atoms with van der Waals surface area (Å²) in [7, 11) is 0. The van der Waals surface area contributed by atoms with E-state index >= 15 is 0 Å². The summed E-state index contributed by atoms with van der Waals surface area (Å²) in [4.78, 5) is 4.06. The zero-order chi connectivity index (χ0) is 15.8. The lowest BCUT2D eigenvalue weighted by Gasteiger charge is -2.19. The molecule has 0 saturated heterocycles. The van der Waals surface area contributed by atoms with Gasteiger partial charge in [0.15, 0.2) is 11.6 Å². The van der Waals surface area contributed by atoms with Crippen LogP contribution in [0.1, 0.15) is 25.2 Å². The van der Waals surface area contributed by atoms with Crippen molar-refractivity contribution in [3.05, 3.63) is 29.6 Å². The highest BCUT2D eigenvalue weighted by atomic mass is 35.5. The molecule has 116 valence electrons. The number of aryl methyl sites for hydroxylation is 1. The van der Waals surface area contributed by atoms with E-state index in [1.165, 1.54) is 13.0 Å². The first-order chi connectivity index (χ1) is 9.74. The van der Waals surface area contributed by atoms with Gasteiger partial charge in [-0.05, 0) is 19.1 Å². The van der Waals surface area contributed by atoms with Crippen molar-refractivity contribution in [3.8, 4) is 0 Å². The Balaban J connectivity index is 2.62. The first-order valence-electron chi connectivity index (χ1n) is 6.22. The molecule has 1 heterocycles. The molecule has 2 rings (SSSR count). The number of benzene rings is 1. The number of hydrogen-bond donors (Lipinski definition) is 0. The van der Waals surface area contributed by atoms with Crippen molar-refractivity contribution < 1.29 is 22.0 Å². The number of halogens is 6. The third kappa shape index (κ3) is 3.28. The lowest BCUT2D eigenvalue weighted by molar-refractivity contribution is -0.141. The molecule has 21 heavy (non-hydrogen) atoms. The van der Waals surface area contributed by atoms with Crippen LogP contribution in [0.4, 0.5) is 22.0 Å². The van der Waals surface area contributed by atoms with E-state index in [1.807, 2.05) is 0 Å². The zero-order valence-corrected chi connectivity index (χ0v) is 11.8. The Morgan fingerprint density at radius 3 is 2.52 bits per heavy atom. The lowest BCUT2D eigenvalue weighted by atomic mass is 10.2. The normalized spacial score (nSPS) is 13.9. The molecule has 0 aliphatic heterocycles. The molecular weight excluding hydrogens is 315 g/mol. The van der Waals surface area contributed by atoms with Crippen LogP contribution in [0.25, 0.3) is 11.0 Å². The third-order valence-electron chi connectivity index (χ3n) is 3.10. The summed E-state index contributed by atoms with van der Waals surface area (Å²) in [6, 6.07) is 1.03. The average molecular weight is 327 g/mol. The Hall–Kier alpha value is -1.37. The number of rotatable bonds is 4. The molecule has 0 saturated carbocycles. The van der Waals surface area contributed by atoms with E-state index in [-0.39, 0.29) is 29.2 Å². The van der Waals surface area contributed by atoms with Gasteiger partial charge in [0.1, 0.15) is 11.3 Å². The fourth-order valence-electron chi connectivity index (χ4n) is 2.33. The van der Waals surface area contributed by atoms with Gasteiger partial charge in [-0.2, -0.15) is 13.2 Å². The summed E-state index contributed by atoms with van der Waals surface area (Å²) in [5.74, 6) is -2.00. The van der Waals surface area contributed by atoms with Crippen molar-refractivity contribution in [2.75, 3.05) is 5.88 Å². The van der Waals surface area contributed by atoms with E-state index in [9.17, 15) is 22.0 Å². The largest absolute Gasteiger partial charge is 0.391 e. The van der Waals surface area contributed by atoms with Gasteiger partial charge in [-0.1, -0.05) is 0 Å². The molecule has 1 unspecified atom stereocenters. The van der Waals surface area contributed by atoms with Crippen molar-refractivity contribution in [2.24, 2.45) is 0 Å². The highest BCUT2D eigenvalue weighted by Crippen LogP contribution is 2.32. The summed E-state index contributed by atoms with van der Waals surface area (Å²) in [5.41, 5.74) is -0.144. The quantitative estimate of drug-likeness (QED) is 0.592. The lowest BCUT2D eigenvalue weighted by Crippen LogP contribution is -2.19. The highest BCUT2D eigenvalue weighted by Gasteiger charge is 2.32. The molecule has 0 spiro atoms. The van der Waals surface area contributed by atoms with Crippen LogP contribution in [0.2, 0.25) is 0 Å². The summed E-state index contributed by atoms with van der Waals surface area (Å²) in [6.07, 6.45) is -5.42. The van der Waals surface area contributed by atoms with Gasteiger partial charge >= 0.3 is 6.18 Å². The van der Waals surface area contributed by atoms with E-state index in [4.69, 9.17) is 11.6 Å². The van der Waals surface area contributed by atoms with Crippen LogP contribution in [0.3, 0.4) is 0 Å². The van der Waals surface area contributed by atoms with Gasteiger partial charge in [0.25, 0.3) is 0 Å². The topological polar surface area (TPSA) is 17.8 Å². The Morgan fingerprint density at radius 1 is 1.29 bits per heavy atom. The van der Waals surface area contributed by atoms with E-state index in [0.717, 1.165) is 10.6 Å². The van der Waals surface area contributed by atoms with E-state index < -0.39 is 30.3 Å². The number of imidazole rings is 1. The maximum atomic E-state index is 14.0. The van der Waals surface area contributed by atoms with E-state index in [2.05, 4.69) is 4.98 Å². The molecule has 8 heteroatoms. The molecule has 1 atom stereocenters. The number of hydrogen-bond acceptors (Lipinski definition) is 1. The minimum atomic E-state index is -4.42. The van der Waals surface area contributed by atoms with Crippen molar-refractivity contribution in [1.29, 1.82) is 0 Å². The van der Waals surface area contributed by atoms with Crippen molar-refractivity contribution in [2.45, 2.75) is 32.0 Å². The maximum absolute atomic E-state index is 14.0. The molecule has 0 aliphatic carbocycles. The first-order valence-corrected chi connectivity index (χ1v) is 6.75.